The highest BCUT2D eigenvalue weighted by molar-refractivity contribution is 6.09. The van der Waals surface area contributed by atoms with Crippen LogP contribution in [0.2, 0.25) is 0 Å². The SMILES string of the molecule is c1ccc(-c2cc(-c3cccc4c3oc3ccccc34)nc(-c3cccc(-c4cccc(-c5nc(-c6ccccc6)nc(-c6ccc(C7C8CC9CC7C98)cc6)n5)c4)c3)n2)cc1. The molecule has 6 nitrogen and oxygen atoms in total. The number of fused-ring (bicyclic) bond motifs is 3. The minimum absolute atomic E-state index is 0.634. The summed E-state index contributed by atoms with van der Waals surface area (Å²) in [4.78, 5) is 25.6. The zero-order valence-electron chi connectivity index (χ0n) is 33.8. The zero-order valence-corrected chi connectivity index (χ0v) is 33.8. The lowest BCUT2D eigenvalue weighted by atomic mass is 9.31. The monoisotopic (exact) mass is 797 g/mol. The van der Waals surface area contributed by atoms with E-state index < -0.39 is 0 Å². The maximum atomic E-state index is 6.48. The number of para-hydroxylation sites is 2. The van der Waals surface area contributed by atoms with E-state index in [0.717, 1.165) is 107 Å². The van der Waals surface area contributed by atoms with E-state index in [1.165, 1.54) is 18.4 Å². The molecule has 0 saturated heterocycles. The minimum Gasteiger partial charge on any atom is -0.455 e. The molecule has 13 rings (SSSR count). The number of nitrogens with zero attached hydrogens (tertiary/aromatic N) is 5. The Bertz CT molecular complexity index is 3330. The summed E-state index contributed by atoms with van der Waals surface area (Å²) in [5, 5.41) is 2.15. The summed E-state index contributed by atoms with van der Waals surface area (Å²) in [5.74, 6) is 7.18. The summed E-state index contributed by atoms with van der Waals surface area (Å²) in [6.45, 7) is 0. The number of furan rings is 1. The molecule has 3 aliphatic carbocycles. The summed E-state index contributed by atoms with van der Waals surface area (Å²) in [7, 11) is 0. The molecule has 3 aromatic heterocycles. The second-order valence-corrected chi connectivity index (χ2v) is 17.2. The Kier molecular flexibility index (Phi) is 7.95. The van der Waals surface area contributed by atoms with Gasteiger partial charge < -0.3 is 4.42 Å². The Morgan fingerprint density at radius 2 is 0.903 bits per heavy atom. The van der Waals surface area contributed by atoms with Crippen LogP contribution >= 0.6 is 0 Å². The molecule has 62 heavy (non-hydrogen) atoms. The molecule has 3 saturated carbocycles. The van der Waals surface area contributed by atoms with Crippen molar-refractivity contribution >= 4 is 21.9 Å². The average Bonchev–Trinajstić information content (AvgIpc) is 3.73. The van der Waals surface area contributed by atoms with Gasteiger partial charge in [0, 0.05) is 44.2 Å². The smallest absolute Gasteiger partial charge is 0.164 e. The van der Waals surface area contributed by atoms with Crippen molar-refractivity contribution in [3.63, 3.8) is 0 Å². The van der Waals surface area contributed by atoms with Crippen molar-refractivity contribution in [2.75, 3.05) is 0 Å². The highest BCUT2D eigenvalue weighted by Crippen LogP contribution is 2.75. The minimum atomic E-state index is 0.634. The topological polar surface area (TPSA) is 77.6 Å². The number of benzene rings is 7. The second kappa shape index (κ2) is 14.0. The first-order valence-electron chi connectivity index (χ1n) is 21.7. The van der Waals surface area contributed by atoms with Gasteiger partial charge >= 0.3 is 0 Å². The lowest BCUT2D eigenvalue weighted by Crippen LogP contribution is -2.65. The molecule has 0 radical (unpaired) electrons. The lowest BCUT2D eigenvalue weighted by Gasteiger charge is -2.73. The van der Waals surface area contributed by atoms with Gasteiger partial charge in [-0.1, -0.05) is 152 Å². The molecule has 7 aromatic carbocycles. The van der Waals surface area contributed by atoms with Crippen LogP contribution in [0.15, 0.2) is 186 Å². The molecular formula is C56H39N5O. The molecule has 3 heterocycles. The van der Waals surface area contributed by atoms with Gasteiger partial charge in [-0.2, -0.15) is 0 Å². The van der Waals surface area contributed by atoms with Gasteiger partial charge in [-0.05, 0) is 89.5 Å². The van der Waals surface area contributed by atoms with Crippen LogP contribution in [0.25, 0.3) is 101 Å². The first-order chi connectivity index (χ1) is 30.7. The third-order valence-electron chi connectivity index (χ3n) is 13.9. The van der Waals surface area contributed by atoms with E-state index in [1.807, 2.05) is 54.6 Å². The largest absolute Gasteiger partial charge is 0.455 e. The van der Waals surface area contributed by atoms with Crippen LogP contribution in [0.4, 0.5) is 0 Å². The third-order valence-corrected chi connectivity index (χ3v) is 13.9. The third kappa shape index (κ3) is 5.74. The molecular weight excluding hydrogens is 759 g/mol. The Morgan fingerprint density at radius 1 is 0.387 bits per heavy atom. The summed E-state index contributed by atoms with van der Waals surface area (Å²) in [6, 6.07) is 63.0. The zero-order chi connectivity index (χ0) is 40.7. The Balaban J connectivity index is 0.880. The lowest BCUT2D eigenvalue weighted by molar-refractivity contribution is -0.214. The molecule has 6 heteroatoms. The summed E-state index contributed by atoms with van der Waals surface area (Å²) < 4.78 is 6.48. The van der Waals surface area contributed by atoms with Crippen LogP contribution < -0.4 is 0 Å². The van der Waals surface area contributed by atoms with Gasteiger partial charge in [0.25, 0.3) is 0 Å². The number of rotatable bonds is 8. The quantitative estimate of drug-likeness (QED) is 0.152. The van der Waals surface area contributed by atoms with E-state index in [-0.39, 0.29) is 0 Å². The molecule has 10 aromatic rings. The molecule has 2 unspecified atom stereocenters. The predicted molar refractivity (Wildman–Crippen MR) is 247 cm³/mol. The molecule has 294 valence electrons. The number of hydrogen-bond acceptors (Lipinski definition) is 6. The standard InChI is InChI=1S/C56H39N5O/c1-3-12-33(13-4-1)47-32-48(44-22-11-21-43-42-20-7-8-23-49(42)62-52(43)44)58-55(57-47)39-18-9-16-37(28-39)38-17-10-19-40(29-38)56-60-53(35-14-5-2-6-15-35)59-54(61-56)36-26-24-34(25-27-36)50-45-30-41-31-46(50)51(41)45/h1-29,32,41,45-46,50-51H,30-31H2. The van der Waals surface area contributed by atoms with Crippen molar-refractivity contribution in [3.05, 3.63) is 188 Å². The second-order valence-electron chi connectivity index (χ2n) is 17.2. The van der Waals surface area contributed by atoms with E-state index in [0.29, 0.717) is 23.3 Å². The van der Waals surface area contributed by atoms with Crippen LogP contribution in [-0.4, -0.2) is 24.9 Å². The van der Waals surface area contributed by atoms with Crippen molar-refractivity contribution in [2.45, 2.75) is 18.8 Å². The fraction of sp³-hybridized carbons (Fsp3) is 0.125. The van der Waals surface area contributed by atoms with Gasteiger partial charge in [-0.3, -0.25) is 0 Å². The Hall–Kier alpha value is -7.57. The molecule has 0 bridgehead atoms. The van der Waals surface area contributed by atoms with Gasteiger partial charge in [-0.25, -0.2) is 24.9 Å². The Labute approximate surface area is 359 Å². The van der Waals surface area contributed by atoms with Crippen molar-refractivity contribution in [2.24, 2.45) is 23.7 Å². The van der Waals surface area contributed by atoms with Crippen molar-refractivity contribution in [1.82, 2.24) is 24.9 Å². The highest BCUT2D eigenvalue weighted by Gasteiger charge is 2.67. The molecule has 0 amide bonds. The van der Waals surface area contributed by atoms with Crippen molar-refractivity contribution in [1.29, 1.82) is 0 Å². The van der Waals surface area contributed by atoms with Crippen LogP contribution in [0, 0.1) is 23.7 Å². The fourth-order valence-electron chi connectivity index (χ4n) is 10.8. The van der Waals surface area contributed by atoms with E-state index in [4.69, 9.17) is 29.3 Å². The van der Waals surface area contributed by atoms with Crippen molar-refractivity contribution < 1.29 is 4.42 Å². The molecule has 0 aliphatic heterocycles. The maximum absolute atomic E-state index is 6.48. The van der Waals surface area contributed by atoms with Gasteiger partial charge in [-0.15, -0.1) is 0 Å². The van der Waals surface area contributed by atoms with Crippen LogP contribution in [0.1, 0.15) is 24.3 Å². The van der Waals surface area contributed by atoms with Crippen LogP contribution in [-0.2, 0) is 0 Å². The summed E-state index contributed by atoms with van der Waals surface area (Å²) >= 11 is 0. The first kappa shape index (κ1) is 35.2. The van der Waals surface area contributed by atoms with Gasteiger partial charge in [0.15, 0.2) is 23.3 Å². The maximum Gasteiger partial charge on any atom is 0.164 e. The van der Waals surface area contributed by atoms with E-state index >= 15 is 0 Å². The number of hydrogen-bond donors (Lipinski definition) is 0. The first-order valence-corrected chi connectivity index (χ1v) is 21.7. The summed E-state index contributed by atoms with van der Waals surface area (Å²) in [6.07, 6.45) is 2.85. The van der Waals surface area contributed by atoms with Crippen LogP contribution in [0.3, 0.4) is 0 Å². The molecule has 0 spiro atoms. The van der Waals surface area contributed by atoms with E-state index in [9.17, 15) is 0 Å². The molecule has 3 aliphatic rings. The van der Waals surface area contributed by atoms with E-state index in [1.54, 1.807) is 0 Å². The van der Waals surface area contributed by atoms with E-state index in [2.05, 4.69) is 127 Å². The summed E-state index contributed by atoms with van der Waals surface area (Å²) in [5.41, 5.74) is 12.6. The van der Waals surface area contributed by atoms with Crippen LogP contribution in [0.5, 0.6) is 0 Å². The highest BCUT2D eigenvalue weighted by atomic mass is 16.3. The fourth-order valence-corrected chi connectivity index (χ4v) is 10.8. The molecule has 0 N–H and O–H groups in total. The van der Waals surface area contributed by atoms with Gasteiger partial charge in [0.2, 0.25) is 0 Å². The molecule has 3 fully saturated rings. The predicted octanol–water partition coefficient (Wildman–Crippen LogP) is 13.6. The van der Waals surface area contributed by atoms with Gasteiger partial charge in [0.05, 0.1) is 11.4 Å². The van der Waals surface area contributed by atoms with Gasteiger partial charge in [0.1, 0.15) is 11.2 Å². The average molecular weight is 798 g/mol. The molecule has 2 atom stereocenters. The van der Waals surface area contributed by atoms with Crippen molar-refractivity contribution in [3.8, 4) is 79.2 Å². The normalized spacial score (nSPS) is 19.6. The Morgan fingerprint density at radius 3 is 1.56 bits per heavy atom. The number of aromatic nitrogens is 5.